The molecular weight excluding hydrogens is 378 g/mol. The Morgan fingerprint density at radius 3 is 0.400 bits per heavy atom. The van der Waals surface area contributed by atoms with Crippen LogP contribution in [0.5, 0.6) is 0 Å². The van der Waals surface area contributed by atoms with E-state index in [1.807, 2.05) is 0 Å². The van der Waals surface area contributed by atoms with E-state index in [4.69, 9.17) is 0 Å². The van der Waals surface area contributed by atoms with Gasteiger partial charge in [0.15, 0.2) is 0 Å². The molecule has 0 fully saturated rings. The molecule has 0 unspecified atom stereocenters. The van der Waals surface area contributed by atoms with Crippen molar-refractivity contribution in [2.24, 2.45) is 0 Å². The van der Waals surface area contributed by atoms with Gasteiger partial charge < -0.3 is 16.4 Å². The van der Waals surface area contributed by atoms with E-state index in [0.717, 1.165) is 0 Å². The van der Waals surface area contributed by atoms with E-state index < -0.39 is 0 Å². The molecule has 0 aromatic rings. The van der Waals surface area contributed by atoms with Gasteiger partial charge in [-0.05, 0) is 0 Å². The van der Waals surface area contributed by atoms with Gasteiger partial charge in [0.25, 0.3) is 0 Å². The van der Waals surface area contributed by atoms with Gasteiger partial charge in [-0.25, -0.2) is 0 Å². The van der Waals surface area contributed by atoms with Crippen molar-refractivity contribution in [3.8, 4) is 0 Å². The number of hydrogen-bond acceptors (Lipinski definition) is 0. The second-order valence-electron chi connectivity index (χ2n) is 0. The molecule has 0 N–H and O–H groups in total. The van der Waals surface area contributed by atoms with E-state index >= 15 is 0 Å². The van der Waals surface area contributed by atoms with E-state index in [2.05, 4.69) is 0 Å². The summed E-state index contributed by atoms with van der Waals surface area (Å²) in [5.74, 6) is 0. The van der Waals surface area contributed by atoms with Crippen molar-refractivity contribution < 1.29 is 91.9 Å². The Hall–Kier alpha value is 2.40. The molecule has 0 aliphatic rings. The molecule has 0 bridgehead atoms. The Kier molecular flexibility index (Phi) is 341. The molecular formula is Ho2O3. The summed E-state index contributed by atoms with van der Waals surface area (Å²) in [4.78, 5) is 0. The third-order valence-electron chi connectivity index (χ3n) is 0. The smallest absolute Gasteiger partial charge is 2.00 e. The summed E-state index contributed by atoms with van der Waals surface area (Å²) in [6.45, 7) is 0. The summed E-state index contributed by atoms with van der Waals surface area (Å²) in [5, 5.41) is 0. The quantitative estimate of drug-likeness (QED) is 0.516. The zero-order valence-electron chi connectivity index (χ0n) is 1.83. The molecule has 0 atom stereocenters. The minimum Gasteiger partial charge on any atom is -2.00 e. The van der Waals surface area contributed by atoms with E-state index in [1.165, 1.54) is 0 Å². The van der Waals surface area contributed by atoms with Gasteiger partial charge in [0.05, 0.1) is 0 Å². The summed E-state index contributed by atoms with van der Waals surface area (Å²) in [6.07, 6.45) is 0. The minimum absolute atomic E-state index is 0. The van der Waals surface area contributed by atoms with Crippen LogP contribution in [0.25, 0.3) is 0 Å². The molecule has 0 aliphatic carbocycles. The molecule has 0 rings (SSSR count). The average Bonchev–Trinajstić information content (AvgIpc) is 0. The first-order valence-corrected chi connectivity index (χ1v) is 0. The molecule has 0 saturated heterocycles. The Morgan fingerprint density at radius 2 is 0.400 bits per heavy atom. The molecule has 40 valence electrons. The predicted octanol–water partition coefficient (Wildman–Crippen LogP) is -0.356. The van der Waals surface area contributed by atoms with Crippen LogP contribution in [0.4, 0.5) is 0 Å². The molecule has 0 radical (unpaired) electrons. The van der Waals surface area contributed by atoms with Crippen LogP contribution in [0.1, 0.15) is 0 Å². The van der Waals surface area contributed by atoms with Gasteiger partial charge in [-0.2, -0.15) is 0 Å². The third-order valence-corrected chi connectivity index (χ3v) is 0. The van der Waals surface area contributed by atoms with Crippen LogP contribution in [0.3, 0.4) is 0 Å². The molecule has 0 spiro atoms. The molecule has 0 saturated carbocycles. The third kappa shape index (κ3) is 21.5. The van der Waals surface area contributed by atoms with E-state index in [0.29, 0.717) is 0 Å². The van der Waals surface area contributed by atoms with Crippen molar-refractivity contribution in [3.05, 3.63) is 0 Å². The van der Waals surface area contributed by atoms with Crippen LogP contribution < -0.4 is 0 Å². The van der Waals surface area contributed by atoms with Crippen molar-refractivity contribution in [1.82, 2.24) is 0 Å². The van der Waals surface area contributed by atoms with Gasteiger partial charge in [0.1, 0.15) is 0 Å². The van der Waals surface area contributed by atoms with Gasteiger partial charge in [-0.15, -0.1) is 0 Å². The van der Waals surface area contributed by atoms with Crippen LogP contribution in [0, 0.1) is 75.5 Å². The Labute approximate surface area is 90.0 Å². The first-order valence-electron chi connectivity index (χ1n) is 0. The number of rotatable bonds is 0. The Balaban J connectivity index is 0. The Bertz CT molecular complexity index is 4.85. The zero-order chi connectivity index (χ0) is 0. The maximum Gasteiger partial charge on any atom is 3.00 e. The second-order valence-corrected chi connectivity index (χ2v) is 0. The van der Waals surface area contributed by atoms with Crippen LogP contribution in [0.2, 0.25) is 0 Å². The van der Waals surface area contributed by atoms with E-state index in [-0.39, 0.29) is 91.9 Å². The largest absolute Gasteiger partial charge is 3.00 e. The van der Waals surface area contributed by atoms with Gasteiger partial charge in [0.2, 0.25) is 0 Å². The SMILES string of the molecule is [Ho+3].[Ho+3].[O-2].[O-2].[O-2]. The molecule has 3 nitrogen and oxygen atoms in total. The van der Waals surface area contributed by atoms with Gasteiger partial charge in [-0.3, -0.25) is 0 Å². The fourth-order valence-electron chi connectivity index (χ4n) is 0. The minimum atomic E-state index is 0. The molecule has 0 aliphatic heterocycles. The van der Waals surface area contributed by atoms with Gasteiger partial charge in [0, 0.05) is 0 Å². The fraction of sp³-hybridized carbons (Fsp3) is 0. The summed E-state index contributed by atoms with van der Waals surface area (Å²) in [5.41, 5.74) is 0. The Morgan fingerprint density at radius 1 is 0.400 bits per heavy atom. The second kappa shape index (κ2) is 32.4. The first-order chi connectivity index (χ1) is 0. The monoisotopic (exact) mass is 378 g/mol. The van der Waals surface area contributed by atoms with E-state index in [9.17, 15) is 0 Å². The predicted molar refractivity (Wildman–Crippen MR) is 2.06 cm³/mol. The molecule has 5 heavy (non-hydrogen) atoms. The molecule has 0 amide bonds. The topological polar surface area (TPSA) is 85.5 Å². The van der Waals surface area contributed by atoms with Gasteiger partial charge >= 0.3 is 75.5 Å². The molecule has 5 heteroatoms. The van der Waals surface area contributed by atoms with Gasteiger partial charge in [-0.1, -0.05) is 0 Å². The van der Waals surface area contributed by atoms with Crippen LogP contribution >= 0.6 is 0 Å². The summed E-state index contributed by atoms with van der Waals surface area (Å²) in [6, 6.07) is 0. The van der Waals surface area contributed by atoms with Crippen molar-refractivity contribution in [2.45, 2.75) is 0 Å². The summed E-state index contributed by atoms with van der Waals surface area (Å²) in [7, 11) is 0. The molecule has 0 heterocycles. The average molecular weight is 378 g/mol. The maximum atomic E-state index is 0. The van der Waals surface area contributed by atoms with Crippen LogP contribution in [0.15, 0.2) is 0 Å². The van der Waals surface area contributed by atoms with Crippen molar-refractivity contribution >= 4 is 0 Å². The van der Waals surface area contributed by atoms with Crippen molar-refractivity contribution in [1.29, 1.82) is 0 Å². The first kappa shape index (κ1) is 52.6. The maximum absolute atomic E-state index is 0. The van der Waals surface area contributed by atoms with Crippen LogP contribution in [-0.4, -0.2) is 0 Å². The van der Waals surface area contributed by atoms with Crippen molar-refractivity contribution in [2.75, 3.05) is 0 Å². The van der Waals surface area contributed by atoms with Crippen LogP contribution in [-0.2, 0) is 16.4 Å². The fourth-order valence-corrected chi connectivity index (χ4v) is 0. The number of hydrogen-bond donors (Lipinski definition) is 0. The molecule has 0 aromatic heterocycles. The zero-order valence-corrected chi connectivity index (χ0v) is 5.70. The molecule has 0 aromatic carbocycles. The summed E-state index contributed by atoms with van der Waals surface area (Å²) >= 11 is 0. The normalized spacial score (nSPS) is 0. The summed E-state index contributed by atoms with van der Waals surface area (Å²) < 4.78 is 0. The standard InChI is InChI=1S/2Ho.3O/q2*+3;3*-2. The van der Waals surface area contributed by atoms with Crippen molar-refractivity contribution in [3.63, 3.8) is 0 Å². The van der Waals surface area contributed by atoms with E-state index in [1.54, 1.807) is 0 Å².